The van der Waals surface area contributed by atoms with Crippen molar-refractivity contribution in [2.24, 2.45) is 0 Å². The molecule has 1 saturated heterocycles. The van der Waals surface area contributed by atoms with Crippen LogP contribution < -0.4 is 9.47 Å². The van der Waals surface area contributed by atoms with Gasteiger partial charge < -0.3 is 14.2 Å². The Morgan fingerprint density at radius 1 is 1.09 bits per heavy atom. The Morgan fingerprint density at radius 3 is 2.64 bits per heavy atom. The van der Waals surface area contributed by atoms with E-state index >= 15 is 0 Å². The molecular weight excluding hydrogens is 276 g/mol. The molecule has 0 bridgehead atoms. The van der Waals surface area contributed by atoms with Crippen LogP contribution in [0.1, 0.15) is 63.0 Å². The molecule has 0 saturated carbocycles. The summed E-state index contributed by atoms with van der Waals surface area (Å²) >= 11 is 0. The van der Waals surface area contributed by atoms with Gasteiger partial charge >= 0.3 is 0 Å². The minimum Gasteiger partial charge on any atom is -0.493 e. The van der Waals surface area contributed by atoms with Crippen LogP contribution in [-0.2, 0) is 17.6 Å². The molecule has 22 heavy (non-hydrogen) atoms. The van der Waals surface area contributed by atoms with Crippen molar-refractivity contribution in [2.75, 3.05) is 13.2 Å². The SMILES string of the molecule is CCCCCCCCCc1ccc(OC2CO2)c2c1OCC2. The highest BCUT2D eigenvalue weighted by molar-refractivity contribution is 5.52. The van der Waals surface area contributed by atoms with E-state index in [1.165, 1.54) is 56.1 Å². The predicted molar refractivity (Wildman–Crippen MR) is 87.7 cm³/mol. The summed E-state index contributed by atoms with van der Waals surface area (Å²) < 4.78 is 16.8. The van der Waals surface area contributed by atoms with Crippen LogP contribution in [0.2, 0.25) is 0 Å². The van der Waals surface area contributed by atoms with Crippen LogP contribution in [0.3, 0.4) is 0 Å². The number of rotatable bonds is 10. The normalized spacial score (nSPS) is 18.9. The predicted octanol–water partition coefficient (Wildman–Crippen LogP) is 4.65. The van der Waals surface area contributed by atoms with E-state index in [9.17, 15) is 0 Å². The van der Waals surface area contributed by atoms with Crippen LogP contribution in [0, 0.1) is 0 Å². The number of hydrogen-bond acceptors (Lipinski definition) is 3. The van der Waals surface area contributed by atoms with E-state index < -0.39 is 0 Å². The number of hydrogen-bond donors (Lipinski definition) is 0. The second kappa shape index (κ2) is 7.87. The lowest BCUT2D eigenvalue weighted by Crippen LogP contribution is -2.01. The summed E-state index contributed by atoms with van der Waals surface area (Å²) in [6.45, 7) is 3.77. The maximum absolute atomic E-state index is 5.86. The van der Waals surface area contributed by atoms with E-state index in [0.717, 1.165) is 37.6 Å². The summed E-state index contributed by atoms with van der Waals surface area (Å²) in [4.78, 5) is 0. The summed E-state index contributed by atoms with van der Waals surface area (Å²) in [5, 5.41) is 0. The molecule has 3 nitrogen and oxygen atoms in total. The molecule has 122 valence electrons. The van der Waals surface area contributed by atoms with Crippen molar-refractivity contribution < 1.29 is 14.2 Å². The van der Waals surface area contributed by atoms with E-state index in [-0.39, 0.29) is 6.29 Å². The van der Waals surface area contributed by atoms with Crippen molar-refractivity contribution >= 4 is 0 Å². The molecule has 1 atom stereocenters. The third kappa shape index (κ3) is 4.16. The molecular formula is C19H28O3. The number of unbranched alkanes of at least 4 members (excludes halogenated alkanes) is 6. The molecule has 1 fully saturated rings. The van der Waals surface area contributed by atoms with Crippen molar-refractivity contribution in [3.8, 4) is 11.5 Å². The monoisotopic (exact) mass is 304 g/mol. The molecule has 0 amide bonds. The van der Waals surface area contributed by atoms with Crippen LogP contribution >= 0.6 is 0 Å². The van der Waals surface area contributed by atoms with Gasteiger partial charge in [0.15, 0.2) is 0 Å². The molecule has 2 heterocycles. The zero-order valence-corrected chi connectivity index (χ0v) is 13.7. The van der Waals surface area contributed by atoms with Gasteiger partial charge in [0, 0.05) is 12.0 Å². The summed E-state index contributed by atoms with van der Waals surface area (Å²) in [6, 6.07) is 4.28. The molecule has 2 aliphatic heterocycles. The van der Waals surface area contributed by atoms with Crippen molar-refractivity contribution in [1.82, 2.24) is 0 Å². The second-order valence-electron chi connectivity index (χ2n) is 6.38. The van der Waals surface area contributed by atoms with Crippen molar-refractivity contribution in [1.29, 1.82) is 0 Å². The van der Waals surface area contributed by atoms with Gasteiger partial charge in [-0.15, -0.1) is 0 Å². The van der Waals surface area contributed by atoms with Crippen molar-refractivity contribution in [3.63, 3.8) is 0 Å². The van der Waals surface area contributed by atoms with Gasteiger partial charge in [-0.2, -0.15) is 0 Å². The molecule has 1 aromatic carbocycles. The fourth-order valence-corrected chi connectivity index (χ4v) is 3.16. The Balaban J connectivity index is 1.48. The lowest BCUT2D eigenvalue weighted by molar-refractivity contribution is 0.178. The van der Waals surface area contributed by atoms with E-state index in [1.54, 1.807) is 0 Å². The Labute approximate surface area is 134 Å². The molecule has 0 aromatic heterocycles. The minimum atomic E-state index is -0.0290. The first-order valence-corrected chi connectivity index (χ1v) is 8.94. The van der Waals surface area contributed by atoms with E-state index in [2.05, 4.69) is 19.1 Å². The first-order chi connectivity index (χ1) is 10.9. The number of fused-ring (bicyclic) bond motifs is 1. The van der Waals surface area contributed by atoms with Crippen molar-refractivity contribution in [3.05, 3.63) is 23.3 Å². The van der Waals surface area contributed by atoms with Crippen LogP contribution in [0.15, 0.2) is 12.1 Å². The standard InChI is InChI=1S/C19H28O3/c1-2-3-4-5-6-7-8-9-15-10-11-17(22-18-14-21-18)16-12-13-20-19(15)16/h10-11,18H,2-9,12-14H2,1H3. The van der Waals surface area contributed by atoms with Gasteiger partial charge in [-0.3, -0.25) is 0 Å². The molecule has 0 spiro atoms. The van der Waals surface area contributed by atoms with Gasteiger partial charge in [0.25, 0.3) is 0 Å². The molecule has 0 N–H and O–H groups in total. The summed E-state index contributed by atoms with van der Waals surface area (Å²) in [5.41, 5.74) is 2.60. The molecule has 0 aliphatic carbocycles. The Kier molecular flexibility index (Phi) is 5.60. The first-order valence-electron chi connectivity index (χ1n) is 8.94. The van der Waals surface area contributed by atoms with Crippen LogP contribution in [-0.4, -0.2) is 19.5 Å². The minimum absolute atomic E-state index is 0.0290. The summed E-state index contributed by atoms with van der Waals surface area (Å²) in [6.07, 6.45) is 11.5. The fraction of sp³-hybridized carbons (Fsp3) is 0.684. The second-order valence-corrected chi connectivity index (χ2v) is 6.38. The Bertz CT molecular complexity index is 480. The topological polar surface area (TPSA) is 31.0 Å². The van der Waals surface area contributed by atoms with Gasteiger partial charge in [0.1, 0.15) is 18.1 Å². The molecule has 2 aliphatic rings. The molecule has 1 unspecified atom stereocenters. The fourth-order valence-electron chi connectivity index (χ4n) is 3.16. The van der Waals surface area contributed by atoms with Crippen LogP contribution in [0.4, 0.5) is 0 Å². The van der Waals surface area contributed by atoms with Crippen molar-refractivity contribution in [2.45, 2.75) is 71.0 Å². The highest BCUT2D eigenvalue weighted by Gasteiger charge is 2.28. The van der Waals surface area contributed by atoms with Crippen LogP contribution in [0.25, 0.3) is 0 Å². The highest BCUT2D eigenvalue weighted by Crippen LogP contribution is 2.38. The van der Waals surface area contributed by atoms with Gasteiger partial charge in [-0.05, 0) is 24.5 Å². The molecule has 1 aromatic rings. The number of ether oxygens (including phenoxy) is 3. The maximum Gasteiger partial charge on any atom is 0.223 e. The average molecular weight is 304 g/mol. The zero-order chi connectivity index (χ0) is 15.2. The quantitative estimate of drug-likeness (QED) is 0.466. The van der Waals surface area contributed by atoms with E-state index in [4.69, 9.17) is 14.2 Å². The Hall–Kier alpha value is -1.22. The van der Waals surface area contributed by atoms with Gasteiger partial charge in [-0.1, -0.05) is 51.5 Å². The van der Waals surface area contributed by atoms with Gasteiger partial charge in [-0.25, -0.2) is 0 Å². The third-order valence-electron chi connectivity index (χ3n) is 4.51. The smallest absolute Gasteiger partial charge is 0.223 e. The third-order valence-corrected chi connectivity index (χ3v) is 4.51. The Morgan fingerprint density at radius 2 is 1.86 bits per heavy atom. The summed E-state index contributed by atoms with van der Waals surface area (Å²) in [7, 11) is 0. The number of aryl methyl sites for hydroxylation is 1. The molecule has 3 rings (SSSR count). The number of benzene rings is 1. The largest absolute Gasteiger partial charge is 0.493 e. The van der Waals surface area contributed by atoms with Crippen LogP contribution in [0.5, 0.6) is 11.5 Å². The maximum atomic E-state index is 5.86. The highest BCUT2D eigenvalue weighted by atomic mass is 16.8. The lowest BCUT2D eigenvalue weighted by Gasteiger charge is -2.12. The van der Waals surface area contributed by atoms with E-state index in [0.29, 0.717) is 0 Å². The first kappa shape index (κ1) is 15.7. The number of epoxide rings is 1. The van der Waals surface area contributed by atoms with Gasteiger partial charge in [0.2, 0.25) is 6.29 Å². The average Bonchev–Trinajstić information content (AvgIpc) is 3.20. The zero-order valence-electron chi connectivity index (χ0n) is 13.7. The van der Waals surface area contributed by atoms with Gasteiger partial charge in [0.05, 0.1) is 6.61 Å². The molecule has 0 radical (unpaired) electrons. The summed E-state index contributed by atoms with van der Waals surface area (Å²) in [5.74, 6) is 2.04. The van der Waals surface area contributed by atoms with E-state index in [1.807, 2.05) is 0 Å². The molecule has 3 heteroatoms. The lowest BCUT2D eigenvalue weighted by atomic mass is 10.0.